The molecule has 1 N–H and O–H groups in total. The predicted molar refractivity (Wildman–Crippen MR) is 74.9 cm³/mol. The van der Waals surface area contributed by atoms with Crippen LogP contribution in [0.15, 0.2) is 29.1 Å². The number of benzene rings is 1. The molecule has 0 unspecified atom stereocenters. The summed E-state index contributed by atoms with van der Waals surface area (Å²) in [5, 5.41) is 0. The van der Waals surface area contributed by atoms with Crippen LogP contribution in [0.2, 0.25) is 0 Å². The van der Waals surface area contributed by atoms with Crippen LogP contribution < -0.4 is 10.3 Å². The summed E-state index contributed by atoms with van der Waals surface area (Å²) in [5.41, 5.74) is 2.00. The third kappa shape index (κ3) is 3.22. The average Bonchev–Trinajstić information content (AvgIpc) is 2.32. The molecule has 0 aliphatic heterocycles. The van der Waals surface area contributed by atoms with Gasteiger partial charge < -0.3 is 9.72 Å². The Hall–Kier alpha value is -2.10. The lowest BCUT2D eigenvalue weighted by Crippen LogP contribution is -2.12. The topological polar surface area (TPSA) is 55.0 Å². The lowest BCUT2D eigenvalue weighted by Gasteiger charge is -2.10. The van der Waals surface area contributed by atoms with Crippen LogP contribution in [0.5, 0.6) is 11.6 Å². The van der Waals surface area contributed by atoms with Gasteiger partial charge in [0.2, 0.25) is 5.88 Å². The maximum Gasteiger partial charge on any atom is 0.254 e. The van der Waals surface area contributed by atoms with Gasteiger partial charge in [-0.05, 0) is 25.5 Å². The molecule has 100 valence electrons. The van der Waals surface area contributed by atoms with Crippen molar-refractivity contribution >= 4 is 0 Å². The maximum atomic E-state index is 11.6. The summed E-state index contributed by atoms with van der Waals surface area (Å²) in [7, 11) is 0. The fourth-order valence-corrected chi connectivity index (χ4v) is 1.81. The van der Waals surface area contributed by atoms with Gasteiger partial charge in [0.25, 0.3) is 5.56 Å². The smallest absolute Gasteiger partial charge is 0.254 e. The summed E-state index contributed by atoms with van der Waals surface area (Å²) in [5.74, 6) is 1.83. The average molecular weight is 258 g/mol. The molecule has 2 aromatic rings. The molecule has 0 aliphatic carbocycles. The SMILES string of the molecule is Cc1ccc(Oc2cc(=O)[nH]c(C(C)C)n2)c(C)c1. The molecular weight excluding hydrogens is 240 g/mol. The highest BCUT2D eigenvalue weighted by molar-refractivity contribution is 5.37. The Labute approximate surface area is 112 Å². The highest BCUT2D eigenvalue weighted by Crippen LogP contribution is 2.24. The van der Waals surface area contributed by atoms with Crippen molar-refractivity contribution in [2.45, 2.75) is 33.6 Å². The first-order chi connectivity index (χ1) is 8.95. The Morgan fingerprint density at radius 1 is 1.21 bits per heavy atom. The van der Waals surface area contributed by atoms with E-state index in [1.54, 1.807) is 0 Å². The van der Waals surface area contributed by atoms with Gasteiger partial charge >= 0.3 is 0 Å². The van der Waals surface area contributed by atoms with Gasteiger partial charge in [0.15, 0.2) is 0 Å². The largest absolute Gasteiger partial charge is 0.438 e. The molecular formula is C15H18N2O2. The van der Waals surface area contributed by atoms with Gasteiger partial charge in [0, 0.05) is 5.92 Å². The Morgan fingerprint density at radius 2 is 1.95 bits per heavy atom. The van der Waals surface area contributed by atoms with Gasteiger partial charge in [-0.2, -0.15) is 4.98 Å². The van der Waals surface area contributed by atoms with Gasteiger partial charge in [0.05, 0.1) is 6.07 Å². The summed E-state index contributed by atoms with van der Waals surface area (Å²) in [6.07, 6.45) is 0. The standard InChI is InChI=1S/C15H18N2O2/c1-9(2)15-16-13(18)8-14(17-15)19-12-6-5-10(3)7-11(12)4/h5-9H,1-4H3,(H,16,17,18). The van der Waals surface area contributed by atoms with Crippen LogP contribution in [0.4, 0.5) is 0 Å². The zero-order valence-electron chi connectivity index (χ0n) is 11.7. The van der Waals surface area contributed by atoms with E-state index in [9.17, 15) is 4.79 Å². The Kier molecular flexibility index (Phi) is 3.69. The normalized spacial score (nSPS) is 10.8. The van der Waals surface area contributed by atoms with Crippen molar-refractivity contribution in [3.05, 3.63) is 51.6 Å². The molecule has 0 aliphatic rings. The molecule has 0 fully saturated rings. The minimum Gasteiger partial charge on any atom is -0.438 e. The van der Waals surface area contributed by atoms with E-state index in [2.05, 4.69) is 9.97 Å². The van der Waals surface area contributed by atoms with Gasteiger partial charge in [-0.1, -0.05) is 31.5 Å². The number of rotatable bonds is 3. The minimum atomic E-state index is -0.196. The summed E-state index contributed by atoms with van der Waals surface area (Å²) < 4.78 is 5.70. The van der Waals surface area contributed by atoms with E-state index in [0.29, 0.717) is 11.7 Å². The zero-order chi connectivity index (χ0) is 14.0. The molecule has 0 atom stereocenters. The van der Waals surface area contributed by atoms with Crippen LogP contribution in [0.25, 0.3) is 0 Å². The van der Waals surface area contributed by atoms with Crippen LogP contribution in [0, 0.1) is 13.8 Å². The number of nitrogens with zero attached hydrogens (tertiary/aromatic N) is 1. The molecule has 4 heteroatoms. The highest BCUT2D eigenvalue weighted by atomic mass is 16.5. The van der Waals surface area contributed by atoms with Crippen molar-refractivity contribution in [1.29, 1.82) is 0 Å². The van der Waals surface area contributed by atoms with E-state index in [1.807, 2.05) is 45.9 Å². The van der Waals surface area contributed by atoms with Crippen molar-refractivity contribution in [1.82, 2.24) is 9.97 Å². The fraction of sp³-hybridized carbons (Fsp3) is 0.333. The number of H-pyrrole nitrogens is 1. The fourth-order valence-electron chi connectivity index (χ4n) is 1.81. The summed E-state index contributed by atoms with van der Waals surface area (Å²) >= 11 is 0. The van der Waals surface area contributed by atoms with Gasteiger partial charge in [-0.25, -0.2) is 0 Å². The lowest BCUT2D eigenvalue weighted by molar-refractivity contribution is 0.452. The van der Waals surface area contributed by atoms with Crippen LogP contribution in [-0.4, -0.2) is 9.97 Å². The number of hydrogen-bond acceptors (Lipinski definition) is 3. The predicted octanol–water partition coefficient (Wildman–Crippen LogP) is 3.30. The molecule has 19 heavy (non-hydrogen) atoms. The maximum absolute atomic E-state index is 11.6. The van der Waals surface area contributed by atoms with Crippen molar-refractivity contribution in [2.75, 3.05) is 0 Å². The third-order valence-corrected chi connectivity index (χ3v) is 2.83. The zero-order valence-corrected chi connectivity index (χ0v) is 11.7. The van der Waals surface area contributed by atoms with E-state index in [-0.39, 0.29) is 11.5 Å². The van der Waals surface area contributed by atoms with E-state index in [0.717, 1.165) is 11.3 Å². The molecule has 4 nitrogen and oxygen atoms in total. The van der Waals surface area contributed by atoms with E-state index >= 15 is 0 Å². The molecule has 0 radical (unpaired) electrons. The van der Waals surface area contributed by atoms with Crippen LogP contribution in [-0.2, 0) is 0 Å². The molecule has 1 heterocycles. The number of ether oxygens (including phenoxy) is 1. The second-order valence-electron chi connectivity index (χ2n) is 4.99. The van der Waals surface area contributed by atoms with Gasteiger partial charge in [0.1, 0.15) is 11.6 Å². The van der Waals surface area contributed by atoms with E-state index in [4.69, 9.17) is 4.74 Å². The first-order valence-electron chi connectivity index (χ1n) is 6.32. The van der Waals surface area contributed by atoms with Gasteiger partial charge in [-0.15, -0.1) is 0 Å². The summed E-state index contributed by atoms with van der Waals surface area (Å²) in [6.45, 7) is 7.94. The van der Waals surface area contributed by atoms with Crippen LogP contribution in [0.1, 0.15) is 36.7 Å². The van der Waals surface area contributed by atoms with Crippen molar-refractivity contribution in [3.8, 4) is 11.6 Å². The Morgan fingerprint density at radius 3 is 2.58 bits per heavy atom. The number of nitrogens with one attached hydrogen (secondary N) is 1. The second-order valence-corrected chi connectivity index (χ2v) is 4.99. The second kappa shape index (κ2) is 5.26. The Balaban J connectivity index is 2.35. The monoisotopic (exact) mass is 258 g/mol. The number of hydrogen-bond donors (Lipinski definition) is 1. The summed E-state index contributed by atoms with van der Waals surface area (Å²) in [4.78, 5) is 18.6. The molecule has 2 rings (SSSR count). The first-order valence-corrected chi connectivity index (χ1v) is 6.32. The van der Waals surface area contributed by atoms with Crippen LogP contribution in [0.3, 0.4) is 0 Å². The third-order valence-electron chi connectivity index (χ3n) is 2.83. The molecule has 0 amide bonds. The van der Waals surface area contributed by atoms with Crippen molar-refractivity contribution in [3.63, 3.8) is 0 Å². The molecule has 0 bridgehead atoms. The highest BCUT2D eigenvalue weighted by Gasteiger charge is 2.08. The molecule has 0 saturated carbocycles. The first kappa shape index (κ1) is 13.3. The minimum absolute atomic E-state index is 0.148. The molecule has 0 saturated heterocycles. The molecule has 1 aromatic heterocycles. The molecule has 1 aromatic carbocycles. The Bertz CT molecular complexity index is 645. The number of aromatic amines is 1. The van der Waals surface area contributed by atoms with E-state index in [1.165, 1.54) is 11.6 Å². The summed E-state index contributed by atoms with van der Waals surface area (Å²) in [6, 6.07) is 7.26. The number of aryl methyl sites for hydroxylation is 2. The molecule has 0 spiro atoms. The number of aromatic nitrogens is 2. The lowest BCUT2D eigenvalue weighted by atomic mass is 10.1. The van der Waals surface area contributed by atoms with E-state index < -0.39 is 0 Å². The quantitative estimate of drug-likeness (QED) is 0.919. The van der Waals surface area contributed by atoms with Crippen molar-refractivity contribution < 1.29 is 4.74 Å². The van der Waals surface area contributed by atoms with Crippen LogP contribution >= 0.6 is 0 Å². The van der Waals surface area contributed by atoms with Gasteiger partial charge in [-0.3, -0.25) is 4.79 Å². The van der Waals surface area contributed by atoms with Crippen molar-refractivity contribution in [2.24, 2.45) is 0 Å².